The van der Waals surface area contributed by atoms with E-state index in [1.54, 1.807) is 6.08 Å². The number of benzene rings is 1. The Hall–Kier alpha value is -1.21. The van der Waals surface area contributed by atoms with E-state index >= 15 is 0 Å². The van der Waals surface area contributed by atoms with Gasteiger partial charge in [-0.05, 0) is 24.0 Å². The normalized spacial score (nSPS) is 11.5. The smallest absolute Gasteiger partial charge is 0.264 e. The van der Waals surface area contributed by atoms with Crippen molar-refractivity contribution >= 4 is 16.2 Å². The first-order valence-electron chi connectivity index (χ1n) is 6.83. The fourth-order valence-corrected chi connectivity index (χ4v) is 2.16. The summed E-state index contributed by atoms with van der Waals surface area (Å²) in [7, 11) is -3.88. The van der Waals surface area contributed by atoms with Gasteiger partial charge in [0.25, 0.3) is 10.1 Å². The molecule has 5 nitrogen and oxygen atoms in total. The van der Waals surface area contributed by atoms with Crippen LogP contribution in [0, 0.1) is 0 Å². The molecule has 6 heteroatoms. The highest BCUT2D eigenvalue weighted by atomic mass is 32.2. The van der Waals surface area contributed by atoms with E-state index in [2.05, 4.69) is 6.58 Å². The van der Waals surface area contributed by atoms with Crippen LogP contribution in [0.25, 0.3) is 6.08 Å². The van der Waals surface area contributed by atoms with Crippen molar-refractivity contribution in [1.82, 2.24) is 0 Å². The van der Waals surface area contributed by atoms with Crippen molar-refractivity contribution in [2.24, 2.45) is 0 Å². The van der Waals surface area contributed by atoms with Crippen LogP contribution < -0.4 is 0 Å². The van der Waals surface area contributed by atoms with E-state index in [4.69, 9.17) is 14.0 Å². The molecule has 1 rings (SSSR count). The molecule has 21 heavy (non-hydrogen) atoms. The lowest BCUT2D eigenvalue weighted by Gasteiger charge is -2.06. The quantitative estimate of drug-likeness (QED) is 0.500. The molecule has 0 saturated heterocycles. The summed E-state index contributed by atoms with van der Waals surface area (Å²) in [4.78, 5) is 0. The molecule has 0 heterocycles. The van der Waals surface area contributed by atoms with E-state index in [1.807, 2.05) is 24.3 Å². The lowest BCUT2D eigenvalue weighted by atomic mass is 10.1. The standard InChI is InChI=1S/C15H22O5S/c1-2-14-4-6-15(7-5-14)8-10-20-12-11-19-9-3-13-21(16,17)18/h2,4-7H,1,3,8-13H2,(H,16,17,18). The number of ether oxygens (including phenoxy) is 2. The Balaban J connectivity index is 1.98. The number of rotatable bonds is 11. The largest absolute Gasteiger partial charge is 0.379 e. The van der Waals surface area contributed by atoms with Crippen molar-refractivity contribution < 1.29 is 22.4 Å². The Morgan fingerprint density at radius 1 is 1.05 bits per heavy atom. The van der Waals surface area contributed by atoms with Crippen molar-refractivity contribution in [3.05, 3.63) is 42.0 Å². The first kappa shape index (κ1) is 17.8. The van der Waals surface area contributed by atoms with Crippen LogP contribution >= 0.6 is 0 Å². The topological polar surface area (TPSA) is 72.8 Å². The molecule has 0 aromatic heterocycles. The van der Waals surface area contributed by atoms with Gasteiger partial charge in [0.1, 0.15) is 0 Å². The molecular weight excluding hydrogens is 292 g/mol. The summed E-state index contributed by atoms with van der Waals surface area (Å²) in [5.74, 6) is -0.269. The lowest BCUT2D eigenvalue weighted by molar-refractivity contribution is 0.0492. The molecule has 0 amide bonds. The highest BCUT2D eigenvalue weighted by molar-refractivity contribution is 7.85. The van der Waals surface area contributed by atoms with Crippen molar-refractivity contribution in [3.8, 4) is 0 Å². The van der Waals surface area contributed by atoms with Gasteiger partial charge < -0.3 is 9.47 Å². The van der Waals surface area contributed by atoms with Gasteiger partial charge in [0.05, 0.1) is 25.6 Å². The van der Waals surface area contributed by atoms with Crippen LogP contribution in [0.5, 0.6) is 0 Å². The lowest BCUT2D eigenvalue weighted by Crippen LogP contribution is -2.10. The average molecular weight is 314 g/mol. The van der Waals surface area contributed by atoms with E-state index < -0.39 is 10.1 Å². The maximum absolute atomic E-state index is 10.5. The van der Waals surface area contributed by atoms with Gasteiger partial charge in [0.2, 0.25) is 0 Å². The SMILES string of the molecule is C=Cc1ccc(CCOCCOCCCS(=O)(=O)O)cc1. The van der Waals surface area contributed by atoms with E-state index in [1.165, 1.54) is 5.56 Å². The van der Waals surface area contributed by atoms with Gasteiger partial charge in [-0.25, -0.2) is 0 Å². The molecule has 1 N–H and O–H groups in total. The first-order chi connectivity index (χ1) is 10.0. The van der Waals surface area contributed by atoms with Crippen LogP contribution in [0.4, 0.5) is 0 Å². The Labute approximate surface area is 126 Å². The molecule has 0 bridgehead atoms. The molecule has 0 saturated carbocycles. The van der Waals surface area contributed by atoms with Crippen LogP contribution in [0.2, 0.25) is 0 Å². The summed E-state index contributed by atoms with van der Waals surface area (Å²) >= 11 is 0. The molecule has 0 unspecified atom stereocenters. The second-order valence-corrected chi connectivity index (χ2v) is 6.13. The van der Waals surface area contributed by atoms with E-state index in [0.717, 1.165) is 12.0 Å². The molecule has 0 aliphatic heterocycles. The molecule has 0 fully saturated rings. The summed E-state index contributed by atoms with van der Waals surface area (Å²) < 4.78 is 40.0. The van der Waals surface area contributed by atoms with Gasteiger partial charge in [-0.2, -0.15) is 8.42 Å². The van der Waals surface area contributed by atoms with Crippen LogP contribution in [0.3, 0.4) is 0 Å². The first-order valence-corrected chi connectivity index (χ1v) is 8.44. The monoisotopic (exact) mass is 314 g/mol. The third-order valence-corrected chi connectivity index (χ3v) is 3.62. The zero-order valence-corrected chi connectivity index (χ0v) is 12.8. The van der Waals surface area contributed by atoms with E-state index in [-0.39, 0.29) is 12.2 Å². The molecular formula is C15H22O5S. The molecule has 1 aromatic carbocycles. The Bertz CT molecular complexity index is 507. The third kappa shape index (κ3) is 9.36. The van der Waals surface area contributed by atoms with Gasteiger partial charge in [-0.15, -0.1) is 0 Å². The molecule has 0 aliphatic carbocycles. The predicted molar refractivity (Wildman–Crippen MR) is 82.9 cm³/mol. The minimum atomic E-state index is -3.88. The van der Waals surface area contributed by atoms with Crippen LogP contribution in [0.15, 0.2) is 30.8 Å². The van der Waals surface area contributed by atoms with E-state index in [9.17, 15) is 8.42 Å². The van der Waals surface area contributed by atoms with Crippen molar-refractivity contribution in [3.63, 3.8) is 0 Å². The van der Waals surface area contributed by atoms with Gasteiger partial charge in [-0.3, -0.25) is 4.55 Å². The number of hydrogen-bond acceptors (Lipinski definition) is 4. The average Bonchev–Trinajstić information content (AvgIpc) is 2.45. The maximum Gasteiger partial charge on any atom is 0.264 e. The molecule has 0 atom stereocenters. The highest BCUT2D eigenvalue weighted by Crippen LogP contribution is 2.06. The zero-order chi connectivity index (χ0) is 15.6. The molecule has 0 radical (unpaired) electrons. The Morgan fingerprint density at radius 3 is 2.24 bits per heavy atom. The van der Waals surface area contributed by atoms with Crippen molar-refractivity contribution in [2.45, 2.75) is 12.8 Å². The minimum Gasteiger partial charge on any atom is -0.379 e. The third-order valence-electron chi connectivity index (χ3n) is 2.81. The molecule has 0 aliphatic rings. The van der Waals surface area contributed by atoms with Gasteiger partial charge >= 0.3 is 0 Å². The molecule has 1 aromatic rings. The zero-order valence-electron chi connectivity index (χ0n) is 12.0. The van der Waals surface area contributed by atoms with Crippen LogP contribution in [-0.4, -0.2) is 45.2 Å². The predicted octanol–water partition coefficient (Wildman–Crippen LogP) is 2.18. The Kier molecular flexibility index (Phi) is 8.22. The number of hydrogen-bond donors (Lipinski definition) is 1. The van der Waals surface area contributed by atoms with Crippen LogP contribution in [-0.2, 0) is 26.0 Å². The van der Waals surface area contributed by atoms with Crippen molar-refractivity contribution in [2.75, 3.05) is 32.2 Å². The van der Waals surface area contributed by atoms with Gasteiger partial charge in [-0.1, -0.05) is 36.9 Å². The minimum absolute atomic E-state index is 0.269. The van der Waals surface area contributed by atoms with Crippen LogP contribution in [0.1, 0.15) is 17.5 Å². The Morgan fingerprint density at radius 2 is 1.67 bits per heavy atom. The molecule has 0 spiro atoms. The molecule has 118 valence electrons. The van der Waals surface area contributed by atoms with E-state index in [0.29, 0.717) is 26.4 Å². The summed E-state index contributed by atoms with van der Waals surface area (Å²) in [5.41, 5.74) is 2.30. The van der Waals surface area contributed by atoms with Gasteiger partial charge in [0, 0.05) is 6.61 Å². The summed E-state index contributed by atoms with van der Waals surface area (Å²) in [5, 5.41) is 0. The summed E-state index contributed by atoms with van der Waals surface area (Å²) in [6.07, 6.45) is 2.92. The highest BCUT2D eigenvalue weighted by Gasteiger charge is 2.03. The fourth-order valence-electron chi connectivity index (χ4n) is 1.68. The maximum atomic E-state index is 10.5. The second-order valence-electron chi connectivity index (χ2n) is 4.56. The van der Waals surface area contributed by atoms with Gasteiger partial charge in [0.15, 0.2) is 0 Å². The fraction of sp³-hybridized carbons (Fsp3) is 0.467. The second kappa shape index (κ2) is 9.68. The summed E-state index contributed by atoms with van der Waals surface area (Å²) in [6, 6.07) is 8.12. The summed E-state index contributed by atoms with van der Waals surface area (Å²) in [6.45, 7) is 5.50. The van der Waals surface area contributed by atoms with Crippen molar-refractivity contribution in [1.29, 1.82) is 0 Å².